The van der Waals surface area contributed by atoms with Crippen LogP contribution < -0.4 is 5.76 Å². The fourth-order valence-corrected chi connectivity index (χ4v) is 1.28. The number of hydrogen-bond donors (Lipinski definition) is 1. The lowest BCUT2D eigenvalue weighted by molar-refractivity contribution is 0.553. The lowest BCUT2D eigenvalue weighted by atomic mass is 10.1. The summed E-state index contributed by atoms with van der Waals surface area (Å²) in [7, 11) is 0. The van der Waals surface area contributed by atoms with Gasteiger partial charge in [0.25, 0.3) is 0 Å². The van der Waals surface area contributed by atoms with Crippen LogP contribution in [0, 0.1) is 5.82 Å². The molecule has 0 fully saturated rings. The Bertz CT molecular complexity index is 498. The SMILES string of the molecule is CCc1cc2oc(=O)[nH]c2cc1F. The number of oxazole rings is 1. The molecule has 0 unspecified atom stereocenters. The number of nitrogens with one attached hydrogen (secondary N) is 1. The Balaban J connectivity index is 2.80. The van der Waals surface area contributed by atoms with Crippen LogP contribution in [0.25, 0.3) is 11.1 Å². The number of H-pyrrole nitrogens is 1. The van der Waals surface area contributed by atoms with E-state index < -0.39 is 5.76 Å². The molecule has 13 heavy (non-hydrogen) atoms. The van der Waals surface area contributed by atoms with Crippen molar-refractivity contribution in [1.82, 2.24) is 4.98 Å². The molecule has 2 aromatic rings. The molecule has 0 aliphatic carbocycles. The Morgan fingerprint density at radius 1 is 1.54 bits per heavy atom. The third-order valence-electron chi connectivity index (χ3n) is 1.97. The number of aromatic nitrogens is 1. The van der Waals surface area contributed by atoms with Gasteiger partial charge in [-0.3, -0.25) is 4.98 Å². The van der Waals surface area contributed by atoms with Gasteiger partial charge in [0, 0.05) is 6.07 Å². The molecular formula is C9H8FNO2. The number of fused-ring (bicyclic) bond motifs is 1. The van der Waals surface area contributed by atoms with Gasteiger partial charge in [0.2, 0.25) is 0 Å². The fraction of sp³-hybridized carbons (Fsp3) is 0.222. The topological polar surface area (TPSA) is 46.0 Å². The van der Waals surface area contributed by atoms with E-state index in [1.165, 1.54) is 6.07 Å². The summed E-state index contributed by atoms with van der Waals surface area (Å²) in [6, 6.07) is 2.82. The highest BCUT2D eigenvalue weighted by Gasteiger charge is 2.06. The van der Waals surface area contributed by atoms with E-state index in [-0.39, 0.29) is 5.82 Å². The first kappa shape index (κ1) is 8.04. The second-order valence-electron chi connectivity index (χ2n) is 2.81. The minimum atomic E-state index is -0.553. The van der Waals surface area contributed by atoms with Crippen LogP contribution in [0.3, 0.4) is 0 Å². The lowest BCUT2D eigenvalue weighted by Gasteiger charge is -1.97. The fourth-order valence-electron chi connectivity index (χ4n) is 1.28. The average Bonchev–Trinajstić information content (AvgIpc) is 2.42. The summed E-state index contributed by atoms with van der Waals surface area (Å²) in [6.07, 6.45) is 0.580. The van der Waals surface area contributed by atoms with Gasteiger partial charge in [0.1, 0.15) is 5.82 Å². The molecule has 1 N–H and O–H groups in total. The van der Waals surface area contributed by atoms with Crippen LogP contribution in [0.5, 0.6) is 0 Å². The average molecular weight is 181 g/mol. The summed E-state index contributed by atoms with van der Waals surface area (Å²) >= 11 is 0. The van der Waals surface area contributed by atoms with Gasteiger partial charge in [-0.25, -0.2) is 9.18 Å². The zero-order valence-electron chi connectivity index (χ0n) is 7.06. The smallest absolute Gasteiger partial charge is 0.408 e. The molecule has 0 atom stereocenters. The van der Waals surface area contributed by atoms with Crippen molar-refractivity contribution < 1.29 is 8.81 Å². The largest absolute Gasteiger partial charge is 0.417 e. The van der Waals surface area contributed by atoms with Crippen LogP contribution in [0.15, 0.2) is 21.3 Å². The molecule has 68 valence electrons. The summed E-state index contributed by atoms with van der Waals surface area (Å²) in [5.41, 5.74) is 1.36. The molecule has 0 bridgehead atoms. The predicted octanol–water partition coefficient (Wildman–Crippen LogP) is 1.82. The van der Waals surface area contributed by atoms with Crippen molar-refractivity contribution in [2.24, 2.45) is 0 Å². The molecule has 3 nitrogen and oxygen atoms in total. The Morgan fingerprint density at radius 3 is 3.00 bits per heavy atom. The Hall–Kier alpha value is -1.58. The van der Waals surface area contributed by atoms with E-state index in [0.29, 0.717) is 23.1 Å². The summed E-state index contributed by atoms with van der Waals surface area (Å²) in [5, 5.41) is 0. The van der Waals surface area contributed by atoms with Gasteiger partial charge in [-0.05, 0) is 18.1 Å². The van der Waals surface area contributed by atoms with E-state index in [1.807, 2.05) is 6.92 Å². The second kappa shape index (κ2) is 2.73. The van der Waals surface area contributed by atoms with Gasteiger partial charge in [-0.1, -0.05) is 6.92 Å². The first-order valence-corrected chi connectivity index (χ1v) is 4.02. The van der Waals surface area contributed by atoms with Gasteiger partial charge in [0.05, 0.1) is 5.52 Å². The highest BCUT2D eigenvalue weighted by atomic mass is 19.1. The highest BCUT2D eigenvalue weighted by Crippen LogP contribution is 2.16. The monoisotopic (exact) mass is 181 g/mol. The Morgan fingerprint density at radius 2 is 2.31 bits per heavy atom. The standard InChI is InChI=1S/C9H8FNO2/c1-2-5-3-8-7(4-6(5)10)11-9(12)13-8/h3-4H,2H2,1H3,(H,11,12). The number of rotatable bonds is 1. The summed E-state index contributed by atoms with van der Waals surface area (Å²) in [4.78, 5) is 13.1. The van der Waals surface area contributed by atoms with Crippen LogP contribution in [-0.4, -0.2) is 4.98 Å². The number of aromatic amines is 1. The summed E-state index contributed by atoms with van der Waals surface area (Å²) < 4.78 is 18.0. The van der Waals surface area contributed by atoms with Gasteiger partial charge in [0.15, 0.2) is 5.58 Å². The molecular weight excluding hydrogens is 173 g/mol. The first-order chi connectivity index (χ1) is 6.20. The zero-order chi connectivity index (χ0) is 9.42. The molecule has 0 amide bonds. The number of benzene rings is 1. The van der Waals surface area contributed by atoms with Gasteiger partial charge in [-0.2, -0.15) is 0 Å². The van der Waals surface area contributed by atoms with Crippen LogP contribution >= 0.6 is 0 Å². The van der Waals surface area contributed by atoms with Crippen molar-refractivity contribution in [3.8, 4) is 0 Å². The van der Waals surface area contributed by atoms with Crippen molar-refractivity contribution >= 4 is 11.1 Å². The van der Waals surface area contributed by atoms with Crippen LogP contribution in [0.1, 0.15) is 12.5 Å². The van der Waals surface area contributed by atoms with Crippen molar-refractivity contribution in [3.63, 3.8) is 0 Å². The van der Waals surface area contributed by atoms with E-state index in [2.05, 4.69) is 4.98 Å². The molecule has 0 saturated heterocycles. The molecule has 0 spiro atoms. The number of aryl methyl sites for hydroxylation is 1. The number of hydrogen-bond acceptors (Lipinski definition) is 2. The van der Waals surface area contributed by atoms with Gasteiger partial charge >= 0.3 is 5.76 Å². The van der Waals surface area contributed by atoms with Crippen LogP contribution in [0.2, 0.25) is 0 Å². The van der Waals surface area contributed by atoms with E-state index in [0.717, 1.165) is 0 Å². The molecule has 1 aromatic heterocycles. The van der Waals surface area contributed by atoms with E-state index in [1.54, 1.807) is 6.07 Å². The Kier molecular flexibility index (Phi) is 1.69. The van der Waals surface area contributed by atoms with Gasteiger partial charge < -0.3 is 4.42 Å². The highest BCUT2D eigenvalue weighted by molar-refractivity contribution is 5.72. The molecule has 2 rings (SSSR count). The van der Waals surface area contributed by atoms with E-state index in [4.69, 9.17) is 4.42 Å². The van der Waals surface area contributed by atoms with Crippen LogP contribution in [-0.2, 0) is 6.42 Å². The predicted molar refractivity (Wildman–Crippen MR) is 46.2 cm³/mol. The molecule has 1 heterocycles. The van der Waals surface area contributed by atoms with Crippen LogP contribution in [0.4, 0.5) is 4.39 Å². The maximum absolute atomic E-state index is 13.2. The van der Waals surface area contributed by atoms with E-state index >= 15 is 0 Å². The summed E-state index contributed by atoms with van der Waals surface area (Å²) in [5.74, 6) is -0.866. The summed E-state index contributed by atoms with van der Waals surface area (Å²) in [6.45, 7) is 1.84. The molecule has 0 saturated carbocycles. The second-order valence-corrected chi connectivity index (χ2v) is 2.81. The molecule has 4 heteroatoms. The maximum Gasteiger partial charge on any atom is 0.417 e. The maximum atomic E-state index is 13.2. The lowest BCUT2D eigenvalue weighted by Crippen LogP contribution is -1.93. The molecule has 0 aliphatic rings. The quantitative estimate of drug-likeness (QED) is 0.729. The molecule has 1 aromatic carbocycles. The zero-order valence-corrected chi connectivity index (χ0v) is 7.06. The first-order valence-electron chi connectivity index (χ1n) is 4.02. The third kappa shape index (κ3) is 1.24. The Labute approximate surface area is 73.2 Å². The van der Waals surface area contributed by atoms with E-state index in [9.17, 15) is 9.18 Å². The molecule has 0 radical (unpaired) electrons. The van der Waals surface area contributed by atoms with Crippen molar-refractivity contribution in [3.05, 3.63) is 34.1 Å². The molecule has 0 aliphatic heterocycles. The van der Waals surface area contributed by atoms with Crippen molar-refractivity contribution in [1.29, 1.82) is 0 Å². The number of halogens is 1. The minimum Gasteiger partial charge on any atom is -0.408 e. The minimum absolute atomic E-state index is 0.313. The van der Waals surface area contributed by atoms with Crippen molar-refractivity contribution in [2.45, 2.75) is 13.3 Å². The van der Waals surface area contributed by atoms with Gasteiger partial charge in [-0.15, -0.1) is 0 Å². The van der Waals surface area contributed by atoms with Crippen molar-refractivity contribution in [2.75, 3.05) is 0 Å². The third-order valence-corrected chi connectivity index (χ3v) is 1.97. The normalized spacial score (nSPS) is 10.9.